The average molecular weight is 372 g/mol. The van der Waals surface area contributed by atoms with Gasteiger partial charge in [0.1, 0.15) is 0 Å². The van der Waals surface area contributed by atoms with Crippen LogP contribution in [0.3, 0.4) is 0 Å². The van der Waals surface area contributed by atoms with E-state index in [0.717, 1.165) is 6.42 Å². The molecule has 1 aromatic heterocycles. The van der Waals surface area contributed by atoms with Crippen molar-refractivity contribution < 1.29 is 19.1 Å². The number of hydrogen-bond acceptors (Lipinski definition) is 5. The first-order chi connectivity index (χ1) is 12.6. The minimum atomic E-state index is -0.501. The Kier molecular flexibility index (Phi) is 5.68. The fourth-order valence-electron chi connectivity index (χ4n) is 3.05. The van der Waals surface area contributed by atoms with Crippen LogP contribution in [-0.4, -0.2) is 42.9 Å². The van der Waals surface area contributed by atoms with Gasteiger partial charge < -0.3 is 15.0 Å². The fraction of sp³-hybridized carbons (Fsp3) is 0.316. The Morgan fingerprint density at radius 3 is 2.73 bits per heavy atom. The largest absolute Gasteiger partial charge is 0.465 e. The van der Waals surface area contributed by atoms with Crippen LogP contribution in [0.25, 0.3) is 0 Å². The number of carbonyl (C=O) groups is 3. The van der Waals surface area contributed by atoms with Gasteiger partial charge in [-0.2, -0.15) is 0 Å². The van der Waals surface area contributed by atoms with Crippen LogP contribution in [0.15, 0.2) is 41.8 Å². The molecule has 1 atom stereocenters. The number of rotatable bonds is 4. The number of para-hydroxylation sites is 1. The molecule has 1 saturated heterocycles. The maximum Gasteiger partial charge on any atom is 0.339 e. The Bertz CT molecular complexity index is 804. The van der Waals surface area contributed by atoms with Gasteiger partial charge in [-0.25, -0.2) is 4.79 Å². The number of amides is 2. The Morgan fingerprint density at radius 1 is 1.19 bits per heavy atom. The van der Waals surface area contributed by atoms with Gasteiger partial charge in [-0.1, -0.05) is 18.2 Å². The second-order valence-corrected chi connectivity index (χ2v) is 7.04. The molecule has 1 fully saturated rings. The van der Waals surface area contributed by atoms with Crippen molar-refractivity contribution in [2.75, 3.05) is 25.5 Å². The molecule has 26 heavy (non-hydrogen) atoms. The third kappa shape index (κ3) is 3.94. The monoisotopic (exact) mass is 372 g/mol. The number of anilines is 1. The van der Waals surface area contributed by atoms with E-state index in [1.807, 2.05) is 11.4 Å². The molecule has 1 aliphatic rings. The molecule has 2 aromatic rings. The van der Waals surface area contributed by atoms with E-state index in [-0.39, 0.29) is 17.7 Å². The summed E-state index contributed by atoms with van der Waals surface area (Å²) in [6, 6.07) is 10.4. The molecule has 0 aliphatic carbocycles. The van der Waals surface area contributed by atoms with E-state index in [4.69, 9.17) is 4.74 Å². The number of thiophene rings is 1. The van der Waals surface area contributed by atoms with Crippen molar-refractivity contribution in [2.45, 2.75) is 12.8 Å². The molecule has 2 heterocycles. The summed E-state index contributed by atoms with van der Waals surface area (Å²) in [6.07, 6.45) is 1.48. The molecule has 0 radical (unpaired) electrons. The lowest BCUT2D eigenvalue weighted by Crippen LogP contribution is -2.43. The third-order valence-corrected chi connectivity index (χ3v) is 5.26. The molecule has 0 saturated carbocycles. The van der Waals surface area contributed by atoms with Gasteiger partial charge in [0.15, 0.2) is 0 Å². The molecule has 1 N–H and O–H groups in total. The van der Waals surface area contributed by atoms with Crippen molar-refractivity contribution in [2.24, 2.45) is 5.92 Å². The molecule has 3 rings (SSSR count). The molecule has 0 unspecified atom stereocenters. The van der Waals surface area contributed by atoms with Crippen molar-refractivity contribution in [3.63, 3.8) is 0 Å². The lowest BCUT2D eigenvalue weighted by molar-refractivity contribution is -0.121. The Labute approximate surface area is 155 Å². The zero-order valence-corrected chi connectivity index (χ0v) is 15.3. The zero-order chi connectivity index (χ0) is 18.5. The molecular weight excluding hydrogens is 352 g/mol. The quantitative estimate of drug-likeness (QED) is 0.837. The lowest BCUT2D eigenvalue weighted by atomic mass is 9.96. The summed E-state index contributed by atoms with van der Waals surface area (Å²) in [7, 11) is 1.30. The number of likely N-dealkylation sites (tertiary alicyclic amines) is 1. The van der Waals surface area contributed by atoms with Gasteiger partial charge in [0, 0.05) is 13.1 Å². The van der Waals surface area contributed by atoms with Gasteiger partial charge in [-0.05, 0) is 36.4 Å². The number of methoxy groups -OCH3 is 1. The van der Waals surface area contributed by atoms with E-state index in [1.165, 1.54) is 18.4 Å². The van der Waals surface area contributed by atoms with E-state index >= 15 is 0 Å². The van der Waals surface area contributed by atoms with Gasteiger partial charge in [0.25, 0.3) is 5.91 Å². The number of hydrogen-bond donors (Lipinski definition) is 1. The number of nitrogens with one attached hydrogen (secondary N) is 1. The number of benzene rings is 1. The smallest absolute Gasteiger partial charge is 0.339 e. The maximum absolute atomic E-state index is 12.7. The first kappa shape index (κ1) is 18.1. The SMILES string of the molecule is COC(=O)c1ccccc1NC(=O)[C@@H]1CCCN(C(=O)c2cccs2)C1. The topological polar surface area (TPSA) is 75.7 Å². The Balaban J connectivity index is 1.69. The number of nitrogens with zero attached hydrogens (tertiary/aromatic N) is 1. The van der Waals surface area contributed by atoms with E-state index in [2.05, 4.69) is 5.32 Å². The summed E-state index contributed by atoms with van der Waals surface area (Å²) in [5, 5.41) is 4.68. The highest BCUT2D eigenvalue weighted by atomic mass is 32.1. The molecule has 6 nitrogen and oxygen atoms in total. The predicted molar refractivity (Wildman–Crippen MR) is 99.4 cm³/mol. The van der Waals surface area contributed by atoms with Crippen molar-refractivity contribution in [3.05, 3.63) is 52.2 Å². The number of carbonyl (C=O) groups excluding carboxylic acids is 3. The van der Waals surface area contributed by atoms with Crippen LogP contribution in [0.1, 0.15) is 32.9 Å². The van der Waals surface area contributed by atoms with E-state index < -0.39 is 5.97 Å². The van der Waals surface area contributed by atoms with E-state index in [1.54, 1.807) is 35.2 Å². The second kappa shape index (κ2) is 8.14. The van der Waals surface area contributed by atoms with Crippen LogP contribution in [0.5, 0.6) is 0 Å². The molecule has 7 heteroatoms. The van der Waals surface area contributed by atoms with Crippen LogP contribution >= 0.6 is 11.3 Å². The van der Waals surface area contributed by atoms with Crippen LogP contribution in [-0.2, 0) is 9.53 Å². The number of piperidine rings is 1. The summed E-state index contributed by atoms with van der Waals surface area (Å²) in [6.45, 7) is 1.03. The summed E-state index contributed by atoms with van der Waals surface area (Å²) in [5.41, 5.74) is 0.733. The molecule has 1 aliphatic heterocycles. The fourth-order valence-corrected chi connectivity index (χ4v) is 3.74. The van der Waals surface area contributed by atoms with Gasteiger partial charge in [0.2, 0.25) is 5.91 Å². The normalized spacial score (nSPS) is 16.8. The highest BCUT2D eigenvalue weighted by Gasteiger charge is 2.29. The molecule has 0 bridgehead atoms. The zero-order valence-electron chi connectivity index (χ0n) is 14.4. The van der Waals surface area contributed by atoms with Crippen LogP contribution in [0, 0.1) is 5.92 Å². The Morgan fingerprint density at radius 2 is 2.00 bits per heavy atom. The molecule has 136 valence electrons. The number of ether oxygens (including phenoxy) is 1. The second-order valence-electron chi connectivity index (χ2n) is 6.09. The molecule has 2 amide bonds. The first-order valence-electron chi connectivity index (χ1n) is 8.41. The molecule has 0 spiro atoms. The van der Waals surface area contributed by atoms with E-state index in [9.17, 15) is 14.4 Å². The van der Waals surface area contributed by atoms with Crippen LogP contribution in [0.4, 0.5) is 5.69 Å². The van der Waals surface area contributed by atoms with Gasteiger partial charge in [-0.15, -0.1) is 11.3 Å². The highest BCUT2D eigenvalue weighted by Crippen LogP contribution is 2.23. The highest BCUT2D eigenvalue weighted by molar-refractivity contribution is 7.12. The summed E-state index contributed by atoms with van der Waals surface area (Å²) in [5.74, 6) is -1.03. The Hall–Kier alpha value is -2.67. The van der Waals surface area contributed by atoms with Gasteiger partial charge in [0.05, 0.1) is 29.2 Å². The summed E-state index contributed by atoms with van der Waals surface area (Å²) < 4.78 is 4.75. The third-order valence-electron chi connectivity index (χ3n) is 4.40. The van der Waals surface area contributed by atoms with Gasteiger partial charge in [-0.3, -0.25) is 9.59 Å². The minimum Gasteiger partial charge on any atom is -0.465 e. The lowest BCUT2D eigenvalue weighted by Gasteiger charge is -2.31. The van der Waals surface area contributed by atoms with Gasteiger partial charge >= 0.3 is 5.97 Å². The van der Waals surface area contributed by atoms with E-state index in [0.29, 0.717) is 35.6 Å². The van der Waals surface area contributed by atoms with Crippen molar-refractivity contribution >= 4 is 34.8 Å². The van der Waals surface area contributed by atoms with Crippen molar-refractivity contribution in [1.82, 2.24) is 4.90 Å². The first-order valence-corrected chi connectivity index (χ1v) is 9.29. The van der Waals surface area contributed by atoms with Crippen molar-refractivity contribution in [1.29, 1.82) is 0 Å². The van der Waals surface area contributed by atoms with Crippen LogP contribution < -0.4 is 5.32 Å². The number of esters is 1. The standard InChI is InChI=1S/C19H20N2O4S/c1-25-19(24)14-7-2-3-8-15(14)20-17(22)13-6-4-10-21(12-13)18(23)16-9-5-11-26-16/h2-3,5,7-9,11,13H,4,6,10,12H2,1H3,(H,20,22)/t13-/m1/s1. The summed E-state index contributed by atoms with van der Waals surface area (Å²) >= 11 is 1.40. The molecule has 1 aromatic carbocycles. The predicted octanol–water partition coefficient (Wildman–Crippen LogP) is 3.03. The van der Waals surface area contributed by atoms with Crippen LogP contribution in [0.2, 0.25) is 0 Å². The average Bonchev–Trinajstić information content (AvgIpc) is 3.22. The van der Waals surface area contributed by atoms with Crippen molar-refractivity contribution in [3.8, 4) is 0 Å². The summed E-state index contributed by atoms with van der Waals surface area (Å²) in [4.78, 5) is 39.4. The minimum absolute atomic E-state index is 0.0348. The maximum atomic E-state index is 12.7. The molecular formula is C19H20N2O4S.